The number of carbonyl (C=O) groups is 1. The second kappa shape index (κ2) is 8.61. The lowest BCUT2D eigenvalue weighted by Gasteiger charge is -2.09. The monoisotopic (exact) mass is 328 g/mol. The number of ether oxygens (including phenoxy) is 2. The summed E-state index contributed by atoms with van der Waals surface area (Å²) in [5, 5.41) is 3.06. The number of nitrogens with one attached hydrogen (secondary N) is 1. The molecule has 0 saturated carbocycles. The van der Waals surface area contributed by atoms with Crippen LogP contribution in [0.15, 0.2) is 41.8 Å². The van der Waals surface area contributed by atoms with Gasteiger partial charge in [0.05, 0.1) is 32.1 Å². The molecular formula is C17H20N4O3. The van der Waals surface area contributed by atoms with Gasteiger partial charge in [-0.05, 0) is 30.7 Å². The van der Waals surface area contributed by atoms with Crippen molar-refractivity contribution in [1.29, 1.82) is 0 Å². The lowest BCUT2D eigenvalue weighted by molar-refractivity contribution is -0.144. The molecule has 0 fully saturated rings. The van der Waals surface area contributed by atoms with E-state index >= 15 is 0 Å². The van der Waals surface area contributed by atoms with Crippen molar-refractivity contribution in [2.75, 3.05) is 19.0 Å². The Morgan fingerprint density at radius 3 is 2.92 bits per heavy atom. The van der Waals surface area contributed by atoms with Crippen molar-refractivity contribution < 1.29 is 14.3 Å². The zero-order chi connectivity index (χ0) is 17.4. The molecule has 1 N–H and O–H groups in total. The van der Waals surface area contributed by atoms with E-state index in [1.165, 1.54) is 7.11 Å². The summed E-state index contributed by atoms with van der Waals surface area (Å²) in [6.07, 6.45) is 6.29. The average Bonchev–Trinajstić information content (AvgIpc) is 2.61. The third-order valence-electron chi connectivity index (χ3n) is 3.23. The fraction of sp³-hybridized carbons (Fsp3) is 0.294. The fourth-order valence-corrected chi connectivity index (χ4v) is 1.91. The Morgan fingerprint density at radius 1 is 1.42 bits per heavy atom. The van der Waals surface area contributed by atoms with Crippen molar-refractivity contribution >= 4 is 18.0 Å². The van der Waals surface area contributed by atoms with Gasteiger partial charge in [-0.3, -0.25) is 14.8 Å². The van der Waals surface area contributed by atoms with E-state index in [1.807, 2.05) is 25.1 Å². The van der Waals surface area contributed by atoms with Gasteiger partial charge in [-0.25, -0.2) is 4.98 Å². The number of rotatable bonds is 7. The number of anilines is 1. The molecule has 24 heavy (non-hydrogen) atoms. The maximum absolute atomic E-state index is 11.3. The molecule has 126 valence electrons. The highest BCUT2D eigenvalue weighted by molar-refractivity contribution is 5.77. The van der Waals surface area contributed by atoms with Crippen molar-refractivity contribution in [2.45, 2.75) is 13.8 Å². The molecule has 0 aliphatic carbocycles. The fourth-order valence-electron chi connectivity index (χ4n) is 1.91. The van der Waals surface area contributed by atoms with Crippen LogP contribution >= 0.6 is 0 Å². The second-order valence-electron chi connectivity index (χ2n) is 5.19. The number of methoxy groups -OCH3 is 1. The van der Waals surface area contributed by atoms with Gasteiger partial charge in [0, 0.05) is 18.1 Å². The van der Waals surface area contributed by atoms with Crippen LogP contribution in [0.1, 0.15) is 12.5 Å². The summed E-state index contributed by atoms with van der Waals surface area (Å²) in [6, 6.07) is 5.65. The molecule has 7 nitrogen and oxygen atoms in total. The molecule has 0 amide bonds. The number of aryl methyl sites for hydroxylation is 1. The number of nitrogens with zero attached hydrogens (tertiary/aromatic N) is 3. The van der Waals surface area contributed by atoms with E-state index in [4.69, 9.17) is 4.74 Å². The SMILES string of the molecule is COC(=O)[C@@H](C)CN=CNc1ccc(Oc2cnccn2)c(C)c1. The molecule has 0 spiro atoms. The number of aliphatic imine (C=N–C) groups is 1. The molecule has 0 aliphatic rings. The van der Waals surface area contributed by atoms with Gasteiger partial charge in [-0.1, -0.05) is 6.92 Å². The van der Waals surface area contributed by atoms with Crippen molar-refractivity contribution in [1.82, 2.24) is 9.97 Å². The van der Waals surface area contributed by atoms with Gasteiger partial charge < -0.3 is 14.8 Å². The highest BCUT2D eigenvalue weighted by Gasteiger charge is 2.11. The van der Waals surface area contributed by atoms with Crippen LogP contribution in [0.5, 0.6) is 11.6 Å². The van der Waals surface area contributed by atoms with E-state index in [0.29, 0.717) is 18.2 Å². The minimum absolute atomic E-state index is 0.266. The van der Waals surface area contributed by atoms with E-state index in [-0.39, 0.29) is 11.9 Å². The van der Waals surface area contributed by atoms with Crippen molar-refractivity contribution in [3.63, 3.8) is 0 Å². The minimum Gasteiger partial charge on any atom is -0.469 e. The number of aromatic nitrogens is 2. The molecule has 1 atom stereocenters. The zero-order valence-electron chi connectivity index (χ0n) is 13.9. The second-order valence-corrected chi connectivity index (χ2v) is 5.19. The predicted octanol–water partition coefficient (Wildman–Crippen LogP) is 2.83. The van der Waals surface area contributed by atoms with E-state index in [0.717, 1.165) is 11.3 Å². The molecular weight excluding hydrogens is 308 g/mol. The summed E-state index contributed by atoms with van der Waals surface area (Å²) in [5.41, 5.74) is 1.82. The molecule has 1 heterocycles. The van der Waals surface area contributed by atoms with Crippen molar-refractivity contribution in [3.8, 4) is 11.6 Å². The van der Waals surface area contributed by atoms with Crippen LogP contribution in [0.25, 0.3) is 0 Å². The average molecular weight is 328 g/mol. The largest absolute Gasteiger partial charge is 0.469 e. The van der Waals surface area contributed by atoms with Gasteiger partial charge in [0.25, 0.3) is 0 Å². The Morgan fingerprint density at radius 2 is 2.25 bits per heavy atom. The summed E-state index contributed by atoms with van der Waals surface area (Å²) in [4.78, 5) is 23.5. The first-order valence-corrected chi connectivity index (χ1v) is 7.47. The maximum Gasteiger partial charge on any atom is 0.310 e. The molecule has 0 unspecified atom stereocenters. The summed E-state index contributed by atoms with van der Waals surface area (Å²) in [5.74, 6) is 0.614. The number of hydrogen-bond acceptors (Lipinski definition) is 6. The Kier molecular flexibility index (Phi) is 6.24. The number of esters is 1. The quantitative estimate of drug-likeness (QED) is 0.478. The van der Waals surface area contributed by atoms with Crippen molar-refractivity contribution in [3.05, 3.63) is 42.4 Å². The summed E-state index contributed by atoms with van der Waals surface area (Å²) < 4.78 is 10.3. The third kappa shape index (κ3) is 5.05. The van der Waals surface area contributed by atoms with E-state index < -0.39 is 0 Å². The summed E-state index contributed by atoms with van der Waals surface area (Å²) in [7, 11) is 1.37. The Bertz CT molecular complexity index is 704. The van der Waals surface area contributed by atoms with Crippen LogP contribution < -0.4 is 10.1 Å². The van der Waals surface area contributed by atoms with Crippen LogP contribution in [0.2, 0.25) is 0 Å². The lowest BCUT2D eigenvalue weighted by atomic mass is 10.2. The standard InChI is InChI=1S/C17H20N4O3/c1-12-8-14(21-11-19-9-13(2)17(22)23-3)4-5-15(12)24-16-10-18-6-7-20-16/h4-8,10-11,13H,9H2,1-3H3,(H,19,21)/t13-/m0/s1. The molecule has 2 rings (SSSR count). The van der Waals surface area contributed by atoms with Crippen molar-refractivity contribution in [2.24, 2.45) is 10.9 Å². The van der Waals surface area contributed by atoms with Crippen LogP contribution in [-0.4, -0.2) is 35.9 Å². The molecule has 0 saturated heterocycles. The minimum atomic E-state index is -0.270. The Labute approximate surface area is 140 Å². The lowest BCUT2D eigenvalue weighted by Crippen LogP contribution is -2.15. The topological polar surface area (TPSA) is 85.7 Å². The molecule has 2 aromatic rings. The van der Waals surface area contributed by atoms with Gasteiger partial charge in [0.2, 0.25) is 5.88 Å². The number of benzene rings is 1. The first-order chi connectivity index (χ1) is 11.6. The highest BCUT2D eigenvalue weighted by Crippen LogP contribution is 2.25. The highest BCUT2D eigenvalue weighted by atomic mass is 16.5. The van der Waals surface area contributed by atoms with Crippen LogP contribution in [0.3, 0.4) is 0 Å². The Hall–Kier alpha value is -2.96. The number of carbonyl (C=O) groups excluding carboxylic acids is 1. The van der Waals surface area contributed by atoms with Gasteiger partial charge in [-0.2, -0.15) is 0 Å². The first kappa shape index (κ1) is 17.4. The van der Waals surface area contributed by atoms with E-state index in [9.17, 15) is 4.79 Å². The summed E-state index contributed by atoms with van der Waals surface area (Å²) >= 11 is 0. The predicted molar refractivity (Wildman–Crippen MR) is 91.4 cm³/mol. The maximum atomic E-state index is 11.3. The smallest absolute Gasteiger partial charge is 0.310 e. The summed E-state index contributed by atoms with van der Waals surface area (Å²) in [6.45, 7) is 4.08. The van der Waals surface area contributed by atoms with E-state index in [1.54, 1.807) is 31.9 Å². The molecule has 0 radical (unpaired) electrons. The molecule has 0 aliphatic heterocycles. The van der Waals surface area contributed by atoms with E-state index in [2.05, 4.69) is 25.0 Å². The molecule has 1 aromatic carbocycles. The Balaban J connectivity index is 1.91. The zero-order valence-corrected chi connectivity index (χ0v) is 13.9. The van der Waals surface area contributed by atoms with Gasteiger partial charge in [-0.15, -0.1) is 0 Å². The third-order valence-corrected chi connectivity index (χ3v) is 3.23. The normalized spacial score (nSPS) is 12.0. The van der Waals surface area contributed by atoms with Gasteiger partial charge in [0.1, 0.15) is 5.75 Å². The van der Waals surface area contributed by atoms with Gasteiger partial charge in [0.15, 0.2) is 0 Å². The molecule has 1 aromatic heterocycles. The van der Waals surface area contributed by atoms with Crippen LogP contribution in [-0.2, 0) is 9.53 Å². The number of hydrogen-bond donors (Lipinski definition) is 1. The molecule has 0 bridgehead atoms. The molecule has 7 heteroatoms. The first-order valence-electron chi connectivity index (χ1n) is 7.47. The van der Waals surface area contributed by atoms with Crippen LogP contribution in [0, 0.1) is 12.8 Å². The van der Waals surface area contributed by atoms with Crippen LogP contribution in [0.4, 0.5) is 5.69 Å². The van der Waals surface area contributed by atoms with Gasteiger partial charge >= 0.3 is 5.97 Å².